The molecule has 0 aliphatic heterocycles. The topological polar surface area (TPSA) is 97.4 Å². The van der Waals surface area contributed by atoms with Crippen LogP contribution in [0, 0.1) is 6.92 Å². The van der Waals surface area contributed by atoms with Crippen molar-refractivity contribution >= 4 is 28.5 Å². The Labute approximate surface area is 144 Å². The van der Waals surface area contributed by atoms with Crippen molar-refractivity contribution in [1.82, 2.24) is 9.78 Å². The fourth-order valence-electron chi connectivity index (χ4n) is 2.45. The van der Waals surface area contributed by atoms with E-state index in [2.05, 4.69) is 10.4 Å². The number of hydrogen-bond acceptors (Lipinski definition) is 4. The van der Waals surface area contributed by atoms with Crippen LogP contribution in [0.25, 0.3) is 11.0 Å². The van der Waals surface area contributed by atoms with E-state index in [1.807, 2.05) is 20.8 Å². The minimum atomic E-state index is -1.13. The first-order chi connectivity index (χ1) is 11.6. The fourth-order valence-corrected chi connectivity index (χ4v) is 2.45. The molecule has 0 saturated carbocycles. The molecule has 7 nitrogen and oxygen atoms in total. The Balaban J connectivity index is 1.87. The monoisotopic (exact) mass is 341 g/mol. The van der Waals surface area contributed by atoms with Gasteiger partial charge in [-0.15, -0.1) is 0 Å². The Bertz CT molecular complexity index is 976. The van der Waals surface area contributed by atoms with E-state index in [1.54, 1.807) is 36.0 Å². The van der Waals surface area contributed by atoms with Crippen molar-refractivity contribution in [2.75, 3.05) is 5.32 Å². The third-order valence-electron chi connectivity index (χ3n) is 3.82. The van der Waals surface area contributed by atoms with E-state index in [4.69, 9.17) is 9.52 Å². The van der Waals surface area contributed by atoms with E-state index < -0.39 is 5.97 Å². The summed E-state index contributed by atoms with van der Waals surface area (Å²) in [7, 11) is 0. The highest BCUT2D eigenvalue weighted by Crippen LogP contribution is 2.24. The van der Waals surface area contributed by atoms with Gasteiger partial charge in [-0.1, -0.05) is 0 Å². The van der Waals surface area contributed by atoms with Crippen LogP contribution in [0.2, 0.25) is 0 Å². The number of nitrogens with zero attached hydrogens (tertiary/aromatic N) is 2. The molecule has 0 bridgehead atoms. The summed E-state index contributed by atoms with van der Waals surface area (Å²) in [6.45, 7) is 7.81. The molecule has 0 fully saturated rings. The van der Waals surface area contributed by atoms with Gasteiger partial charge < -0.3 is 14.8 Å². The Hall–Kier alpha value is -3.09. The standard InChI is InChI=1S/C18H19N3O4/c1-10-13(9-21(20-10)18(2,3)4)16(22)19-12-5-6-14-11(7-12)8-15(25-14)17(23)24/h5-9H,1-4H3,(H,19,22)(H,23,24). The first kappa shape index (κ1) is 16.8. The fraction of sp³-hybridized carbons (Fsp3) is 0.278. The highest BCUT2D eigenvalue weighted by atomic mass is 16.4. The van der Waals surface area contributed by atoms with Gasteiger partial charge in [-0.2, -0.15) is 5.10 Å². The lowest BCUT2D eigenvalue weighted by atomic mass is 10.1. The summed E-state index contributed by atoms with van der Waals surface area (Å²) in [5, 5.41) is 16.8. The van der Waals surface area contributed by atoms with Crippen LogP contribution in [0.1, 0.15) is 47.4 Å². The highest BCUT2D eigenvalue weighted by molar-refractivity contribution is 6.05. The number of carboxylic acid groups (broad SMARTS) is 1. The van der Waals surface area contributed by atoms with Gasteiger partial charge in [-0.25, -0.2) is 4.79 Å². The maximum absolute atomic E-state index is 12.5. The first-order valence-corrected chi connectivity index (χ1v) is 7.80. The lowest BCUT2D eigenvalue weighted by Crippen LogP contribution is -2.22. The van der Waals surface area contributed by atoms with Gasteiger partial charge in [0.15, 0.2) is 0 Å². The van der Waals surface area contributed by atoms with E-state index in [-0.39, 0.29) is 17.2 Å². The lowest BCUT2D eigenvalue weighted by Gasteiger charge is -2.18. The number of carbonyl (C=O) groups excluding carboxylic acids is 1. The van der Waals surface area contributed by atoms with Gasteiger partial charge in [0.05, 0.1) is 16.8 Å². The molecule has 7 heteroatoms. The number of aromatic carboxylic acids is 1. The van der Waals surface area contributed by atoms with Gasteiger partial charge in [0.25, 0.3) is 5.91 Å². The van der Waals surface area contributed by atoms with Crippen LogP contribution < -0.4 is 5.32 Å². The second-order valence-electron chi connectivity index (χ2n) is 6.87. The molecule has 130 valence electrons. The number of fused-ring (bicyclic) bond motifs is 1. The van der Waals surface area contributed by atoms with Gasteiger partial charge >= 0.3 is 5.97 Å². The maximum atomic E-state index is 12.5. The van der Waals surface area contributed by atoms with Crippen LogP contribution in [0.4, 0.5) is 5.69 Å². The SMILES string of the molecule is Cc1nn(C(C)(C)C)cc1C(=O)Nc1ccc2oc(C(=O)O)cc2c1. The summed E-state index contributed by atoms with van der Waals surface area (Å²) in [6, 6.07) is 6.39. The predicted octanol–water partition coefficient (Wildman–Crippen LogP) is 3.64. The average molecular weight is 341 g/mol. The first-order valence-electron chi connectivity index (χ1n) is 7.80. The molecule has 0 atom stereocenters. The third-order valence-corrected chi connectivity index (χ3v) is 3.82. The van der Waals surface area contributed by atoms with Crippen molar-refractivity contribution in [3.63, 3.8) is 0 Å². The van der Waals surface area contributed by atoms with Crippen LogP contribution in [0.15, 0.2) is 34.9 Å². The number of aromatic nitrogens is 2. The molecule has 2 N–H and O–H groups in total. The molecular weight excluding hydrogens is 322 g/mol. The van der Waals surface area contributed by atoms with Crippen molar-refractivity contribution in [2.45, 2.75) is 33.2 Å². The van der Waals surface area contributed by atoms with Crippen molar-refractivity contribution in [1.29, 1.82) is 0 Å². The van der Waals surface area contributed by atoms with Crippen LogP contribution in [-0.2, 0) is 5.54 Å². The van der Waals surface area contributed by atoms with Gasteiger partial charge in [-0.05, 0) is 52.0 Å². The maximum Gasteiger partial charge on any atom is 0.371 e. The molecule has 1 amide bonds. The molecule has 2 heterocycles. The third kappa shape index (κ3) is 3.26. The minimum absolute atomic E-state index is 0.138. The van der Waals surface area contributed by atoms with Crippen molar-refractivity contribution in [2.24, 2.45) is 0 Å². The van der Waals surface area contributed by atoms with Gasteiger partial charge in [0.2, 0.25) is 5.76 Å². The van der Waals surface area contributed by atoms with Crippen LogP contribution in [0.5, 0.6) is 0 Å². The number of carboxylic acids is 1. The van der Waals surface area contributed by atoms with E-state index in [0.717, 1.165) is 0 Å². The molecule has 0 unspecified atom stereocenters. The van der Waals surface area contributed by atoms with Crippen LogP contribution >= 0.6 is 0 Å². The average Bonchev–Trinajstić information content (AvgIpc) is 3.09. The Morgan fingerprint density at radius 3 is 2.56 bits per heavy atom. The molecule has 3 aromatic rings. The number of nitrogens with one attached hydrogen (secondary N) is 1. The second-order valence-corrected chi connectivity index (χ2v) is 6.87. The second kappa shape index (κ2) is 5.77. The molecule has 2 aromatic heterocycles. The van der Waals surface area contributed by atoms with E-state index >= 15 is 0 Å². The Morgan fingerprint density at radius 2 is 1.96 bits per heavy atom. The number of amides is 1. The van der Waals surface area contributed by atoms with E-state index in [0.29, 0.717) is 27.9 Å². The number of furan rings is 1. The molecular formula is C18H19N3O4. The molecule has 1 aromatic carbocycles. The Kier molecular flexibility index (Phi) is 3.87. The predicted molar refractivity (Wildman–Crippen MR) is 93.1 cm³/mol. The molecule has 0 radical (unpaired) electrons. The number of hydrogen-bond donors (Lipinski definition) is 2. The summed E-state index contributed by atoms with van der Waals surface area (Å²) < 4.78 is 6.97. The quantitative estimate of drug-likeness (QED) is 0.758. The smallest absolute Gasteiger partial charge is 0.371 e. The van der Waals surface area contributed by atoms with Gasteiger partial charge in [0.1, 0.15) is 5.58 Å². The van der Waals surface area contributed by atoms with Crippen molar-refractivity contribution < 1.29 is 19.1 Å². The highest BCUT2D eigenvalue weighted by Gasteiger charge is 2.20. The zero-order chi connectivity index (χ0) is 18.4. The molecule has 0 aliphatic rings. The van der Waals surface area contributed by atoms with Crippen molar-refractivity contribution in [3.8, 4) is 0 Å². The van der Waals surface area contributed by atoms with Crippen LogP contribution in [-0.4, -0.2) is 26.8 Å². The minimum Gasteiger partial charge on any atom is -0.475 e. The summed E-state index contributed by atoms with van der Waals surface area (Å²) >= 11 is 0. The number of anilines is 1. The van der Waals surface area contributed by atoms with E-state index in [1.165, 1.54) is 6.07 Å². The largest absolute Gasteiger partial charge is 0.475 e. The molecule has 0 spiro atoms. The number of rotatable bonds is 3. The van der Waals surface area contributed by atoms with Crippen LogP contribution in [0.3, 0.4) is 0 Å². The Morgan fingerprint density at radius 1 is 1.24 bits per heavy atom. The number of benzene rings is 1. The number of aryl methyl sites for hydroxylation is 1. The van der Waals surface area contributed by atoms with E-state index in [9.17, 15) is 9.59 Å². The normalized spacial score (nSPS) is 11.7. The molecule has 0 aliphatic carbocycles. The van der Waals surface area contributed by atoms with Crippen molar-refractivity contribution in [3.05, 3.63) is 47.5 Å². The molecule has 3 rings (SSSR count). The summed E-state index contributed by atoms with van der Waals surface area (Å²) in [6.07, 6.45) is 1.73. The number of carbonyl (C=O) groups is 2. The molecule has 25 heavy (non-hydrogen) atoms. The van der Waals surface area contributed by atoms with Gasteiger partial charge in [-0.3, -0.25) is 9.48 Å². The summed E-state index contributed by atoms with van der Waals surface area (Å²) in [5.41, 5.74) is 1.93. The zero-order valence-corrected chi connectivity index (χ0v) is 14.5. The lowest BCUT2D eigenvalue weighted by molar-refractivity contribution is 0.0665. The molecule has 0 saturated heterocycles. The zero-order valence-electron chi connectivity index (χ0n) is 14.5. The summed E-state index contributed by atoms with van der Waals surface area (Å²) in [5.74, 6) is -1.54. The van der Waals surface area contributed by atoms with Gasteiger partial charge in [0, 0.05) is 17.3 Å². The summed E-state index contributed by atoms with van der Waals surface area (Å²) in [4.78, 5) is 23.5.